The Morgan fingerprint density at radius 1 is 0.667 bits per heavy atom. The lowest BCUT2D eigenvalue weighted by Crippen LogP contribution is -2.30. The van der Waals surface area contributed by atoms with E-state index in [2.05, 4.69) is 21.3 Å². The summed E-state index contributed by atoms with van der Waals surface area (Å²) in [7, 11) is 0. The summed E-state index contributed by atoms with van der Waals surface area (Å²) in [6.45, 7) is 3.05. The van der Waals surface area contributed by atoms with E-state index in [1.54, 1.807) is 0 Å². The molecule has 0 unspecified atom stereocenters. The Kier molecular flexibility index (Phi) is 11.9. The molecule has 0 aromatic heterocycles. The van der Waals surface area contributed by atoms with Crippen LogP contribution in [0.25, 0.3) is 0 Å². The topological polar surface area (TPSA) is 88.6 Å². The van der Waals surface area contributed by atoms with Crippen molar-refractivity contribution < 1.29 is 27.8 Å². The number of thiocarbonyl (C=S) groups is 2. The minimum atomic E-state index is -1.30. The zero-order chi connectivity index (χ0) is 30.6. The van der Waals surface area contributed by atoms with Gasteiger partial charge in [-0.25, -0.2) is 8.78 Å². The molecule has 12 heteroatoms. The number of aromatic hydroxyl groups is 2. The lowest BCUT2D eigenvalue weighted by molar-refractivity contribution is 0.409. The average Bonchev–Trinajstić information content (AvgIpc) is 2.98. The molecule has 0 radical (unpaired) electrons. The summed E-state index contributed by atoms with van der Waals surface area (Å²) >= 11 is 10.1. The van der Waals surface area contributed by atoms with Crippen LogP contribution in [0.3, 0.4) is 0 Å². The maximum Gasteiger partial charge on any atom is 0.202 e. The molecule has 0 aliphatic heterocycles. The van der Waals surface area contributed by atoms with Crippen molar-refractivity contribution in [1.82, 2.24) is 10.6 Å². The first-order valence-electron chi connectivity index (χ1n) is 12.6. The predicted octanol–water partition coefficient (Wildman–Crippen LogP) is 6.66. The van der Waals surface area contributed by atoms with Gasteiger partial charge in [0.15, 0.2) is 33.4 Å². The number of phenols is 2. The van der Waals surface area contributed by atoms with Crippen LogP contribution in [0.1, 0.15) is 16.7 Å². The molecule has 0 fully saturated rings. The number of aryl methyl sites for hydroxylation is 1. The van der Waals surface area contributed by atoms with Crippen LogP contribution < -0.4 is 21.3 Å². The van der Waals surface area contributed by atoms with E-state index in [9.17, 15) is 27.8 Å². The number of phenolic OH excluding ortho intramolecular Hbond substituents is 2. The van der Waals surface area contributed by atoms with Crippen molar-refractivity contribution in [3.05, 3.63) is 119 Å². The normalized spacial score (nSPS) is 10.2. The molecule has 0 aliphatic rings. The molecule has 0 saturated carbocycles. The van der Waals surface area contributed by atoms with Crippen LogP contribution in [0.5, 0.6) is 11.5 Å². The molecule has 4 rings (SSSR count). The van der Waals surface area contributed by atoms with Gasteiger partial charge in [-0.05, 0) is 78.7 Å². The number of anilines is 2. The number of rotatable bonds is 7. The summed E-state index contributed by atoms with van der Waals surface area (Å²) in [6.07, 6.45) is 0.770. The summed E-state index contributed by atoms with van der Waals surface area (Å²) in [6, 6.07) is 21.9. The maximum atomic E-state index is 13.2. The van der Waals surface area contributed by atoms with Gasteiger partial charge in [0.1, 0.15) is 0 Å². The highest BCUT2D eigenvalue weighted by molar-refractivity contribution is 7.80. The molecule has 6 N–H and O–H groups in total. The standard InChI is InChI=1S/2C15H14F2N2OS/c1-9-4-2-3-5-10(9)8-18-15(21)19-12-7-6-11(16)13(17)14(12)20;16-11-6-7-12(14(20)13(11)17)19-15(21)18-9-8-10-4-2-1-3-5-10/h2-7,20H,8H2,1H3,(H2,18,19,21);1-7,20H,8-9H2,(H2,18,19,21). The fourth-order valence-electron chi connectivity index (χ4n) is 3.56. The number of hydrogen-bond acceptors (Lipinski definition) is 4. The van der Waals surface area contributed by atoms with Crippen LogP contribution in [0, 0.1) is 30.2 Å². The highest BCUT2D eigenvalue weighted by atomic mass is 32.1. The van der Waals surface area contributed by atoms with Gasteiger partial charge < -0.3 is 31.5 Å². The zero-order valence-electron chi connectivity index (χ0n) is 22.3. The highest BCUT2D eigenvalue weighted by Crippen LogP contribution is 2.29. The monoisotopic (exact) mass is 616 g/mol. The molecule has 0 amide bonds. The summed E-state index contributed by atoms with van der Waals surface area (Å²) in [5.74, 6) is -6.41. The van der Waals surface area contributed by atoms with E-state index in [-0.39, 0.29) is 21.6 Å². The van der Waals surface area contributed by atoms with Gasteiger partial charge in [-0.1, -0.05) is 54.6 Å². The van der Waals surface area contributed by atoms with Crippen molar-refractivity contribution in [3.63, 3.8) is 0 Å². The second-order valence-electron chi connectivity index (χ2n) is 8.87. The first kappa shape index (κ1) is 32.1. The Morgan fingerprint density at radius 2 is 1.17 bits per heavy atom. The molecule has 0 heterocycles. The Labute approximate surface area is 251 Å². The first-order valence-corrected chi connectivity index (χ1v) is 13.4. The second kappa shape index (κ2) is 15.5. The van der Waals surface area contributed by atoms with Gasteiger partial charge in [-0.15, -0.1) is 0 Å². The van der Waals surface area contributed by atoms with Crippen molar-refractivity contribution in [1.29, 1.82) is 0 Å². The largest absolute Gasteiger partial charge is 0.503 e. The van der Waals surface area contributed by atoms with Crippen molar-refractivity contribution in [2.24, 2.45) is 0 Å². The van der Waals surface area contributed by atoms with Crippen molar-refractivity contribution in [2.75, 3.05) is 17.2 Å². The quantitative estimate of drug-likeness (QED) is 0.0781. The molecule has 0 spiro atoms. The molecule has 6 nitrogen and oxygen atoms in total. The van der Waals surface area contributed by atoms with E-state index in [0.717, 1.165) is 35.2 Å². The predicted molar refractivity (Wildman–Crippen MR) is 165 cm³/mol. The number of halogens is 4. The molecule has 0 atom stereocenters. The van der Waals surface area contributed by atoms with E-state index in [1.165, 1.54) is 12.1 Å². The van der Waals surface area contributed by atoms with E-state index < -0.39 is 34.8 Å². The third-order valence-corrected chi connectivity index (χ3v) is 6.37. The van der Waals surface area contributed by atoms with Crippen LogP contribution in [0.2, 0.25) is 0 Å². The number of benzene rings is 4. The van der Waals surface area contributed by atoms with Crippen LogP contribution in [-0.4, -0.2) is 27.0 Å². The molecule has 0 bridgehead atoms. The van der Waals surface area contributed by atoms with Gasteiger partial charge in [0.2, 0.25) is 11.6 Å². The fourth-order valence-corrected chi connectivity index (χ4v) is 3.96. The third-order valence-electron chi connectivity index (χ3n) is 5.88. The molecule has 42 heavy (non-hydrogen) atoms. The van der Waals surface area contributed by atoms with Crippen molar-refractivity contribution in [2.45, 2.75) is 19.9 Å². The van der Waals surface area contributed by atoms with Gasteiger partial charge in [0.25, 0.3) is 0 Å². The van der Waals surface area contributed by atoms with Crippen LogP contribution in [-0.2, 0) is 13.0 Å². The summed E-state index contributed by atoms with van der Waals surface area (Å²) in [5, 5.41) is 30.5. The zero-order valence-corrected chi connectivity index (χ0v) is 24.0. The SMILES string of the molecule is Cc1ccccc1CNC(=S)Nc1ccc(F)c(F)c1O.Oc1c(NC(=S)NCCc2ccccc2)ccc(F)c1F. The van der Waals surface area contributed by atoms with Gasteiger partial charge in [0.05, 0.1) is 11.4 Å². The van der Waals surface area contributed by atoms with Gasteiger partial charge in [0, 0.05) is 13.1 Å². The molecule has 4 aromatic rings. The van der Waals surface area contributed by atoms with Gasteiger partial charge >= 0.3 is 0 Å². The summed E-state index contributed by atoms with van der Waals surface area (Å²) in [5.41, 5.74) is 3.37. The van der Waals surface area contributed by atoms with Crippen LogP contribution in [0.4, 0.5) is 28.9 Å². The maximum absolute atomic E-state index is 13.2. The minimum Gasteiger partial charge on any atom is -0.503 e. The smallest absolute Gasteiger partial charge is 0.202 e. The van der Waals surface area contributed by atoms with Gasteiger partial charge in [-0.3, -0.25) is 0 Å². The first-order chi connectivity index (χ1) is 20.1. The molecule has 0 aliphatic carbocycles. The second-order valence-corrected chi connectivity index (χ2v) is 9.68. The molecule has 220 valence electrons. The lowest BCUT2D eigenvalue weighted by atomic mass is 10.1. The Morgan fingerprint density at radius 3 is 1.71 bits per heavy atom. The van der Waals surface area contributed by atoms with Crippen molar-refractivity contribution >= 4 is 46.0 Å². The molecule has 0 saturated heterocycles. The van der Waals surface area contributed by atoms with E-state index in [4.69, 9.17) is 24.4 Å². The highest BCUT2D eigenvalue weighted by Gasteiger charge is 2.14. The third kappa shape index (κ3) is 9.32. The van der Waals surface area contributed by atoms with E-state index >= 15 is 0 Å². The summed E-state index contributed by atoms with van der Waals surface area (Å²) < 4.78 is 52.2. The minimum absolute atomic E-state index is 0.0104. The fraction of sp³-hybridized carbons (Fsp3) is 0.133. The molecule has 4 aromatic carbocycles. The molecular formula is C30H28F4N4O2S2. The van der Waals surface area contributed by atoms with E-state index in [0.29, 0.717) is 13.1 Å². The lowest BCUT2D eigenvalue weighted by Gasteiger charge is -2.13. The molecular weight excluding hydrogens is 588 g/mol. The Hall–Kier alpha value is -4.42. The Bertz CT molecular complexity index is 1540. The van der Waals surface area contributed by atoms with Crippen LogP contribution in [0.15, 0.2) is 78.9 Å². The van der Waals surface area contributed by atoms with Gasteiger partial charge in [-0.2, -0.15) is 8.78 Å². The number of nitrogens with one attached hydrogen (secondary N) is 4. The number of hydrogen-bond donors (Lipinski definition) is 6. The Balaban J connectivity index is 0.000000230. The average molecular weight is 617 g/mol. The van der Waals surface area contributed by atoms with Crippen LogP contribution >= 0.6 is 24.4 Å². The summed E-state index contributed by atoms with van der Waals surface area (Å²) in [4.78, 5) is 0. The van der Waals surface area contributed by atoms with Crippen molar-refractivity contribution in [3.8, 4) is 11.5 Å². The van der Waals surface area contributed by atoms with E-state index in [1.807, 2.05) is 61.5 Å².